The molecule has 2 unspecified atom stereocenters. The third kappa shape index (κ3) is 1.57. The first-order chi connectivity index (χ1) is 5.15. The van der Waals surface area contributed by atoms with Crippen LogP contribution in [0.1, 0.15) is 12.8 Å². The lowest BCUT2D eigenvalue weighted by Crippen LogP contribution is -2.18. The molecular formula is C7H10FNO2. The van der Waals surface area contributed by atoms with E-state index in [-0.39, 0.29) is 6.42 Å². The summed E-state index contributed by atoms with van der Waals surface area (Å²) in [7, 11) is 0. The van der Waals surface area contributed by atoms with Crippen molar-refractivity contribution in [3.05, 3.63) is 11.9 Å². The fraction of sp³-hybridized carbons (Fsp3) is 0.571. The lowest BCUT2D eigenvalue weighted by molar-refractivity contribution is -0.141. The third-order valence-corrected chi connectivity index (χ3v) is 1.99. The van der Waals surface area contributed by atoms with E-state index < -0.39 is 17.9 Å². The van der Waals surface area contributed by atoms with Gasteiger partial charge in [-0.05, 0) is 18.4 Å². The van der Waals surface area contributed by atoms with Crippen molar-refractivity contribution in [2.45, 2.75) is 18.9 Å². The van der Waals surface area contributed by atoms with Crippen LogP contribution in [0, 0.1) is 5.92 Å². The van der Waals surface area contributed by atoms with Gasteiger partial charge in [0.2, 0.25) is 0 Å². The Kier molecular flexibility index (Phi) is 2.24. The van der Waals surface area contributed by atoms with Crippen LogP contribution >= 0.6 is 0 Å². The SMILES string of the molecule is NC1CC(C(=O)O)C/C1=C/F. The molecule has 0 spiro atoms. The first kappa shape index (κ1) is 8.20. The second-order valence-corrected chi connectivity index (χ2v) is 2.77. The molecule has 1 aliphatic carbocycles. The number of hydrogen-bond donors (Lipinski definition) is 2. The van der Waals surface area contributed by atoms with Crippen molar-refractivity contribution >= 4 is 5.97 Å². The van der Waals surface area contributed by atoms with Crippen LogP contribution in [0.3, 0.4) is 0 Å². The average Bonchev–Trinajstić information content (AvgIpc) is 2.31. The molecule has 1 rings (SSSR count). The number of nitrogens with two attached hydrogens (primary N) is 1. The molecule has 0 saturated heterocycles. The Balaban J connectivity index is 2.64. The van der Waals surface area contributed by atoms with Gasteiger partial charge in [0.05, 0.1) is 12.2 Å². The second-order valence-electron chi connectivity index (χ2n) is 2.77. The van der Waals surface area contributed by atoms with Gasteiger partial charge in [0, 0.05) is 6.04 Å². The number of carboxylic acids is 1. The molecule has 0 aliphatic heterocycles. The highest BCUT2D eigenvalue weighted by molar-refractivity contribution is 5.71. The van der Waals surface area contributed by atoms with E-state index >= 15 is 0 Å². The number of aliphatic carboxylic acids is 1. The van der Waals surface area contributed by atoms with Gasteiger partial charge in [0.25, 0.3) is 0 Å². The summed E-state index contributed by atoms with van der Waals surface area (Å²) in [5.74, 6) is -1.38. The Morgan fingerprint density at radius 3 is 2.73 bits per heavy atom. The molecule has 2 atom stereocenters. The minimum absolute atomic E-state index is 0.257. The first-order valence-electron chi connectivity index (χ1n) is 3.42. The van der Waals surface area contributed by atoms with E-state index in [9.17, 15) is 9.18 Å². The quantitative estimate of drug-likeness (QED) is 0.590. The predicted octanol–water partition coefficient (Wildman–Crippen LogP) is 0.662. The molecule has 0 aromatic carbocycles. The predicted molar refractivity (Wildman–Crippen MR) is 37.5 cm³/mol. The van der Waals surface area contributed by atoms with E-state index in [1.807, 2.05) is 0 Å². The van der Waals surface area contributed by atoms with Crippen LogP contribution in [0.4, 0.5) is 4.39 Å². The van der Waals surface area contributed by atoms with Crippen LogP contribution in [0.15, 0.2) is 11.9 Å². The second kappa shape index (κ2) is 3.00. The third-order valence-electron chi connectivity index (χ3n) is 1.99. The minimum atomic E-state index is -0.891. The van der Waals surface area contributed by atoms with E-state index in [1.165, 1.54) is 0 Å². The molecule has 0 radical (unpaired) electrons. The van der Waals surface area contributed by atoms with Crippen molar-refractivity contribution in [2.75, 3.05) is 0 Å². The Morgan fingerprint density at radius 1 is 1.82 bits per heavy atom. The number of carboxylic acid groups (broad SMARTS) is 1. The zero-order valence-electron chi connectivity index (χ0n) is 5.96. The Morgan fingerprint density at radius 2 is 2.45 bits per heavy atom. The van der Waals surface area contributed by atoms with Crippen molar-refractivity contribution in [2.24, 2.45) is 11.7 Å². The number of halogens is 1. The normalized spacial score (nSPS) is 34.5. The monoisotopic (exact) mass is 159 g/mol. The maximum atomic E-state index is 12.0. The zero-order chi connectivity index (χ0) is 8.43. The van der Waals surface area contributed by atoms with Gasteiger partial charge in [-0.2, -0.15) is 0 Å². The van der Waals surface area contributed by atoms with Crippen LogP contribution in [-0.4, -0.2) is 17.1 Å². The van der Waals surface area contributed by atoms with Crippen molar-refractivity contribution < 1.29 is 14.3 Å². The highest BCUT2D eigenvalue weighted by atomic mass is 19.1. The molecule has 11 heavy (non-hydrogen) atoms. The van der Waals surface area contributed by atoms with Gasteiger partial charge < -0.3 is 10.8 Å². The lowest BCUT2D eigenvalue weighted by atomic mass is 10.1. The highest BCUT2D eigenvalue weighted by Crippen LogP contribution is 2.29. The van der Waals surface area contributed by atoms with E-state index in [0.29, 0.717) is 18.3 Å². The highest BCUT2D eigenvalue weighted by Gasteiger charge is 2.31. The van der Waals surface area contributed by atoms with Crippen LogP contribution in [0.25, 0.3) is 0 Å². The Labute approximate surface area is 63.7 Å². The van der Waals surface area contributed by atoms with E-state index in [1.54, 1.807) is 0 Å². The first-order valence-corrected chi connectivity index (χ1v) is 3.42. The van der Waals surface area contributed by atoms with Crippen LogP contribution in [0.5, 0.6) is 0 Å². The summed E-state index contributed by atoms with van der Waals surface area (Å²) in [6.45, 7) is 0. The standard InChI is InChI=1S/C7H10FNO2/c8-3-5-1-4(7(10)11)2-6(5)9/h3-4,6H,1-2,9H2,(H,10,11)/b5-3-. The van der Waals surface area contributed by atoms with Gasteiger partial charge in [-0.3, -0.25) is 4.79 Å². The Bertz CT molecular complexity index is 203. The maximum Gasteiger partial charge on any atom is 0.306 e. The van der Waals surface area contributed by atoms with Crippen LogP contribution in [-0.2, 0) is 4.79 Å². The van der Waals surface area contributed by atoms with Gasteiger partial charge in [-0.1, -0.05) is 0 Å². The summed E-state index contributed by atoms with van der Waals surface area (Å²) >= 11 is 0. The van der Waals surface area contributed by atoms with Crippen LogP contribution < -0.4 is 5.73 Å². The van der Waals surface area contributed by atoms with Crippen molar-refractivity contribution in [3.8, 4) is 0 Å². The van der Waals surface area contributed by atoms with Gasteiger partial charge in [-0.15, -0.1) is 0 Å². The minimum Gasteiger partial charge on any atom is -0.481 e. The summed E-state index contributed by atoms with van der Waals surface area (Å²) in [6, 6.07) is -0.402. The summed E-state index contributed by atoms with van der Waals surface area (Å²) in [5, 5.41) is 8.54. The number of carbonyl (C=O) groups is 1. The summed E-state index contributed by atoms with van der Waals surface area (Å²) in [4.78, 5) is 10.4. The zero-order valence-corrected chi connectivity index (χ0v) is 5.96. The molecule has 0 bridgehead atoms. The fourth-order valence-electron chi connectivity index (χ4n) is 1.29. The van der Waals surface area contributed by atoms with Crippen molar-refractivity contribution in [1.29, 1.82) is 0 Å². The van der Waals surface area contributed by atoms with E-state index in [4.69, 9.17) is 10.8 Å². The average molecular weight is 159 g/mol. The van der Waals surface area contributed by atoms with Gasteiger partial charge >= 0.3 is 5.97 Å². The largest absolute Gasteiger partial charge is 0.481 e. The Hall–Kier alpha value is -0.900. The summed E-state index contributed by atoms with van der Waals surface area (Å²) < 4.78 is 12.0. The van der Waals surface area contributed by atoms with Gasteiger partial charge in [0.1, 0.15) is 0 Å². The van der Waals surface area contributed by atoms with Crippen molar-refractivity contribution in [3.63, 3.8) is 0 Å². The lowest BCUT2D eigenvalue weighted by Gasteiger charge is -2.00. The molecule has 0 heterocycles. The fourth-order valence-corrected chi connectivity index (χ4v) is 1.29. The molecule has 0 aromatic rings. The number of rotatable bonds is 1. The molecule has 62 valence electrons. The summed E-state index contributed by atoms with van der Waals surface area (Å²) in [6.07, 6.45) is 1.03. The molecule has 1 aliphatic rings. The van der Waals surface area contributed by atoms with E-state index in [2.05, 4.69) is 0 Å². The van der Waals surface area contributed by atoms with E-state index in [0.717, 1.165) is 0 Å². The summed E-state index contributed by atoms with van der Waals surface area (Å²) in [5.41, 5.74) is 5.86. The molecule has 0 aromatic heterocycles. The van der Waals surface area contributed by atoms with Crippen LogP contribution in [0.2, 0.25) is 0 Å². The molecule has 1 fully saturated rings. The molecule has 3 N–H and O–H groups in total. The molecule has 3 nitrogen and oxygen atoms in total. The topological polar surface area (TPSA) is 63.3 Å². The smallest absolute Gasteiger partial charge is 0.306 e. The molecule has 0 amide bonds. The maximum absolute atomic E-state index is 12.0. The molecular weight excluding hydrogens is 149 g/mol. The number of hydrogen-bond acceptors (Lipinski definition) is 2. The van der Waals surface area contributed by atoms with Gasteiger partial charge in [0.15, 0.2) is 0 Å². The molecule has 4 heteroatoms. The van der Waals surface area contributed by atoms with Crippen molar-refractivity contribution in [1.82, 2.24) is 0 Å². The molecule has 1 saturated carbocycles. The van der Waals surface area contributed by atoms with Gasteiger partial charge in [-0.25, -0.2) is 4.39 Å².